The second-order valence-corrected chi connectivity index (χ2v) is 10.3. The van der Waals surface area contributed by atoms with Crippen LogP contribution < -0.4 is 4.90 Å². The number of nitrogens with zero attached hydrogens (tertiary/aromatic N) is 6. The van der Waals surface area contributed by atoms with Gasteiger partial charge >= 0.3 is 12.3 Å². The number of anilines is 1. The lowest BCUT2D eigenvalue weighted by Gasteiger charge is -2.27. The summed E-state index contributed by atoms with van der Waals surface area (Å²) < 4.78 is 48.7. The zero-order chi connectivity index (χ0) is 26.0. The number of alkyl halides is 3. The normalized spacial score (nSPS) is 14.6. The first kappa shape index (κ1) is 24.4. The van der Waals surface area contributed by atoms with Crippen LogP contribution in [0.25, 0.3) is 11.3 Å². The molecule has 0 unspecified atom stereocenters. The molecule has 4 aromatic rings. The van der Waals surface area contributed by atoms with Gasteiger partial charge in [-0.3, -0.25) is 4.90 Å². The summed E-state index contributed by atoms with van der Waals surface area (Å²) in [6, 6.07) is 3.54. The summed E-state index contributed by atoms with van der Waals surface area (Å²) >= 11 is 6.35. The van der Waals surface area contributed by atoms with Crippen LogP contribution in [0.3, 0.4) is 0 Å². The van der Waals surface area contributed by atoms with Crippen LogP contribution >= 0.6 is 11.6 Å². The zero-order valence-electron chi connectivity index (χ0n) is 20.1. The van der Waals surface area contributed by atoms with E-state index < -0.39 is 23.4 Å². The molecule has 1 amide bonds. The average molecular weight is 521 g/mol. The smallest absolute Gasteiger partial charge is 0.416 e. The molecule has 12 heteroatoms. The van der Waals surface area contributed by atoms with Crippen LogP contribution in [0.1, 0.15) is 62.0 Å². The second kappa shape index (κ2) is 8.36. The van der Waals surface area contributed by atoms with Gasteiger partial charge in [-0.05, 0) is 58.6 Å². The number of aromatic nitrogens is 5. The lowest BCUT2D eigenvalue weighted by atomic mass is 10.2. The fourth-order valence-corrected chi connectivity index (χ4v) is 4.25. The molecule has 4 heterocycles. The molecule has 4 aromatic heterocycles. The molecule has 0 saturated heterocycles. The monoisotopic (exact) mass is 520 g/mol. The molecule has 0 aliphatic heterocycles. The van der Waals surface area contributed by atoms with Crippen molar-refractivity contribution in [1.82, 2.24) is 24.0 Å². The molecule has 0 spiro atoms. The number of amides is 1. The lowest BCUT2D eigenvalue weighted by Crippen LogP contribution is -2.37. The number of aryl methyl sites for hydroxylation is 1. The standard InChI is InChI=1S/C24H24ClF3N6O2/c1-13-7-15(24(26,27)28)8-19-30-16(11-32(13)19)12-33(22(35)36-23(2,3)4)20-9-18(25)31-21-17(14-5-6-14)10-29-34(20)21/h7-11,14H,5-6,12H2,1-4H3. The van der Waals surface area contributed by atoms with E-state index in [1.165, 1.54) is 15.5 Å². The van der Waals surface area contributed by atoms with E-state index in [1.807, 2.05) is 0 Å². The molecule has 0 bridgehead atoms. The number of hydrogen-bond donors (Lipinski definition) is 0. The Morgan fingerprint density at radius 2 is 1.92 bits per heavy atom. The number of imidazole rings is 1. The van der Waals surface area contributed by atoms with Crippen LogP contribution in [0.4, 0.5) is 23.8 Å². The molecule has 0 radical (unpaired) electrons. The summed E-state index contributed by atoms with van der Waals surface area (Å²) in [5, 5.41) is 4.63. The van der Waals surface area contributed by atoms with Gasteiger partial charge in [0.1, 0.15) is 22.2 Å². The maximum absolute atomic E-state index is 13.4. The molecular weight excluding hydrogens is 497 g/mol. The number of carbonyl (C=O) groups is 1. The largest absolute Gasteiger partial charge is 0.443 e. The summed E-state index contributed by atoms with van der Waals surface area (Å²) in [6.07, 6.45) is 0.197. The summed E-state index contributed by atoms with van der Waals surface area (Å²) in [7, 11) is 0. The van der Waals surface area contributed by atoms with E-state index in [-0.39, 0.29) is 17.3 Å². The van der Waals surface area contributed by atoms with Gasteiger partial charge in [-0.15, -0.1) is 0 Å². The SMILES string of the molecule is Cc1cc(C(F)(F)F)cc2nc(CN(C(=O)OC(C)(C)C)c3cc(Cl)nc4c(C5CC5)cnn34)cn12. The van der Waals surface area contributed by atoms with Crippen LogP contribution in [-0.4, -0.2) is 35.7 Å². The Labute approximate surface area is 209 Å². The molecule has 1 aliphatic carbocycles. The van der Waals surface area contributed by atoms with Crippen LogP contribution in [0.2, 0.25) is 5.15 Å². The van der Waals surface area contributed by atoms with Gasteiger partial charge in [0.05, 0.1) is 24.0 Å². The molecule has 1 saturated carbocycles. The van der Waals surface area contributed by atoms with E-state index >= 15 is 0 Å². The van der Waals surface area contributed by atoms with Gasteiger partial charge in [0.25, 0.3) is 0 Å². The number of fused-ring (bicyclic) bond motifs is 2. The average Bonchev–Trinajstić information content (AvgIpc) is 3.36. The molecule has 1 aliphatic rings. The number of hydrogen-bond acceptors (Lipinski definition) is 5. The first-order valence-corrected chi connectivity index (χ1v) is 11.8. The maximum Gasteiger partial charge on any atom is 0.416 e. The fraction of sp³-hybridized carbons (Fsp3) is 0.417. The topological polar surface area (TPSA) is 77.0 Å². The van der Waals surface area contributed by atoms with Crippen molar-refractivity contribution in [3.05, 3.63) is 58.3 Å². The molecule has 8 nitrogen and oxygen atoms in total. The number of halogens is 4. The molecule has 0 atom stereocenters. The molecule has 0 N–H and O–H groups in total. The third-order valence-corrected chi connectivity index (χ3v) is 6.01. The highest BCUT2D eigenvalue weighted by Crippen LogP contribution is 2.42. The highest BCUT2D eigenvalue weighted by molar-refractivity contribution is 6.29. The summed E-state index contributed by atoms with van der Waals surface area (Å²) in [5.74, 6) is 0.663. The van der Waals surface area contributed by atoms with Crippen molar-refractivity contribution in [2.75, 3.05) is 4.90 Å². The van der Waals surface area contributed by atoms with Gasteiger partial charge in [0.15, 0.2) is 5.65 Å². The van der Waals surface area contributed by atoms with Crippen LogP contribution in [0.15, 0.2) is 30.6 Å². The second-order valence-electron chi connectivity index (χ2n) is 9.96. The number of ether oxygens (including phenoxy) is 1. The third kappa shape index (κ3) is 4.71. The fourth-order valence-electron chi connectivity index (χ4n) is 4.07. The van der Waals surface area contributed by atoms with Crippen LogP contribution in [-0.2, 0) is 17.5 Å². The summed E-state index contributed by atoms with van der Waals surface area (Å²) in [5.41, 5.74) is 0.748. The Morgan fingerprint density at radius 1 is 1.19 bits per heavy atom. The van der Waals surface area contributed by atoms with E-state index in [4.69, 9.17) is 16.3 Å². The predicted octanol–water partition coefficient (Wildman–Crippen LogP) is 6.18. The van der Waals surface area contributed by atoms with Gasteiger partial charge in [-0.2, -0.15) is 22.8 Å². The Balaban J connectivity index is 1.60. The van der Waals surface area contributed by atoms with Gasteiger partial charge in [-0.1, -0.05) is 11.6 Å². The maximum atomic E-state index is 13.4. The van der Waals surface area contributed by atoms with Crippen molar-refractivity contribution < 1.29 is 22.7 Å². The molecule has 190 valence electrons. The summed E-state index contributed by atoms with van der Waals surface area (Å²) in [4.78, 5) is 23.5. The van der Waals surface area contributed by atoms with E-state index in [2.05, 4.69) is 15.1 Å². The minimum Gasteiger partial charge on any atom is -0.443 e. The van der Waals surface area contributed by atoms with Crippen molar-refractivity contribution in [1.29, 1.82) is 0 Å². The Hall–Kier alpha value is -3.34. The first-order valence-electron chi connectivity index (χ1n) is 11.4. The highest BCUT2D eigenvalue weighted by Gasteiger charge is 2.33. The molecule has 0 aromatic carbocycles. The summed E-state index contributed by atoms with van der Waals surface area (Å²) in [6.45, 7) is 6.69. The Bertz CT molecular complexity index is 1480. The van der Waals surface area contributed by atoms with Crippen LogP contribution in [0.5, 0.6) is 0 Å². The molecular formula is C24H24ClF3N6O2. The van der Waals surface area contributed by atoms with E-state index in [0.717, 1.165) is 30.5 Å². The number of carbonyl (C=O) groups excluding carboxylic acids is 1. The number of rotatable bonds is 4. The van der Waals surface area contributed by atoms with Gasteiger partial charge in [-0.25, -0.2) is 14.8 Å². The van der Waals surface area contributed by atoms with Crippen molar-refractivity contribution in [2.24, 2.45) is 0 Å². The first-order chi connectivity index (χ1) is 16.8. The minimum atomic E-state index is -4.50. The lowest BCUT2D eigenvalue weighted by molar-refractivity contribution is -0.137. The van der Waals surface area contributed by atoms with Crippen molar-refractivity contribution in [3.8, 4) is 0 Å². The predicted molar refractivity (Wildman–Crippen MR) is 127 cm³/mol. The van der Waals surface area contributed by atoms with Gasteiger partial charge in [0, 0.05) is 23.5 Å². The van der Waals surface area contributed by atoms with E-state index in [9.17, 15) is 18.0 Å². The van der Waals surface area contributed by atoms with E-state index in [0.29, 0.717) is 28.8 Å². The zero-order valence-corrected chi connectivity index (χ0v) is 20.9. The number of pyridine rings is 1. The highest BCUT2D eigenvalue weighted by atomic mass is 35.5. The molecule has 5 rings (SSSR count). The van der Waals surface area contributed by atoms with Gasteiger partial charge in [0.2, 0.25) is 0 Å². The van der Waals surface area contributed by atoms with Crippen molar-refractivity contribution in [2.45, 2.75) is 64.8 Å². The van der Waals surface area contributed by atoms with Gasteiger partial charge < -0.3 is 9.14 Å². The minimum absolute atomic E-state index is 0.0918. The van der Waals surface area contributed by atoms with Crippen molar-refractivity contribution >= 4 is 34.8 Å². The Morgan fingerprint density at radius 3 is 2.56 bits per heavy atom. The Kier molecular flexibility index (Phi) is 5.66. The van der Waals surface area contributed by atoms with Crippen LogP contribution in [0, 0.1) is 6.92 Å². The van der Waals surface area contributed by atoms with Crippen molar-refractivity contribution in [3.63, 3.8) is 0 Å². The van der Waals surface area contributed by atoms with E-state index in [1.54, 1.807) is 44.5 Å². The molecule has 1 fully saturated rings. The third-order valence-electron chi connectivity index (χ3n) is 5.82. The molecule has 36 heavy (non-hydrogen) atoms. The quantitative estimate of drug-likeness (QED) is 0.300.